The summed E-state index contributed by atoms with van der Waals surface area (Å²) < 4.78 is 26.4. The highest BCUT2D eigenvalue weighted by atomic mass is 32.2. The molecule has 0 spiro atoms. The number of nitrogens with one attached hydrogen (secondary N) is 2. The van der Waals surface area contributed by atoms with E-state index in [1.807, 2.05) is 6.07 Å². The van der Waals surface area contributed by atoms with Crippen LogP contribution in [0.25, 0.3) is 10.9 Å². The maximum absolute atomic E-state index is 12.7. The fraction of sp³-hybridized carbons (Fsp3) is 0.409. The Bertz CT molecular complexity index is 1410. The lowest BCUT2D eigenvalue weighted by Crippen LogP contribution is -2.27. The predicted octanol–water partition coefficient (Wildman–Crippen LogP) is 3.44. The van der Waals surface area contributed by atoms with Gasteiger partial charge in [0.1, 0.15) is 5.39 Å². The molecule has 0 amide bonds. The lowest BCUT2D eigenvalue weighted by atomic mass is 10.0. The summed E-state index contributed by atoms with van der Waals surface area (Å²) in [6.45, 7) is 3.47. The van der Waals surface area contributed by atoms with Gasteiger partial charge in [-0.05, 0) is 68.9 Å². The Labute approximate surface area is 179 Å². The summed E-state index contributed by atoms with van der Waals surface area (Å²) in [7, 11) is -3.36. The third-order valence-corrected chi connectivity index (χ3v) is 8.94. The highest BCUT2D eigenvalue weighted by Crippen LogP contribution is 2.43. The van der Waals surface area contributed by atoms with Gasteiger partial charge in [0.2, 0.25) is 0 Å². The Kier molecular flexibility index (Phi) is 4.28. The van der Waals surface area contributed by atoms with Gasteiger partial charge in [-0.2, -0.15) is 10.4 Å². The average Bonchev–Trinajstić information content (AvgIpc) is 3.45. The first-order valence-corrected chi connectivity index (χ1v) is 11.8. The monoisotopic (exact) mass is 437 g/mol. The molecule has 31 heavy (non-hydrogen) atoms. The second-order valence-electron chi connectivity index (χ2n) is 9.01. The zero-order valence-electron chi connectivity index (χ0n) is 17.3. The molecule has 2 aromatic heterocycles. The van der Waals surface area contributed by atoms with Crippen molar-refractivity contribution in [3.63, 3.8) is 0 Å². The van der Waals surface area contributed by atoms with Crippen molar-refractivity contribution in [3.05, 3.63) is 46.4 Å². The molecule has 2 N–H and O–H groups in total. The van der Waals surface area contributed by atoms with Crippen LogP contribution in [0.15, 0.2) is 40.2 Å². The van der Waals surface area contributed by atoms with E-state index in [0.29, 0.717) is 46.1 Å². The number of fused-ring (bicyclic) bond motifs is 2. The number of benzene rings is 1. The van der Waals surface area contributed by atoms with Crippen molar-refractivity contribution >= 4 is 32.2 Å². The highest BCUT2D eigenvalue weighted by molar-refractivity contribution is 7.93. The number of sulfone groups is 1. The van der Waals surface area contributed by atoms with Crippen LogP contribution in [0, 0.1) is 17.2 Å². The molecule has 1 atom stereocenters. The Hall–Kier alpha value is -3.12. The highest BCUT2D eigenvalue weighted by Gasteiger charge is 2.43. The van der Waals surface area contributed by atoms with Gasteiger partial charge in [0, 0.05) is 11.9 Å². The lowest BCUT2D eigenvalue weighted by molar-refractivity contribution is 0.426. The number of anilines is 2. The van der Waals surface area contributed by atoms with Crippen molar-refractivity contribution in [2.45, 2.75) is 55.2 Å². The molecule has 8 nitrogen and oxygen atoms in total. The number of aromatic nitrogens is 3. The van der Waals surface area contributed by atoms with E-state index in [0.717, 1.165) is 18.4 Å². The first kappa shape index (κ1) is 19.8. The minimum Gasteiger partial charge on any atom is -0.338 e. The van der Waals surface area contributed by atoms with Crippen LogP contribution in [0.1, 0.15) is 44.7 Å². The quantitative estimate of drug-likeness (QED) is 0.631. The SMILES string of the molecule is CC1(C)Cc2cc(Nc3nn(C(CC#N)C4CC4)c4cc[nH]c(=O)c34)ccc2S1(=O)=O. The number of rotatable bonds is 5. The summed E-state index contributed by atoms with van der Waals surface area (Å²) in [6.07, 6.45) is 4.45. The van der Waals surface area contributed by atoms with Crippen LogP contribution in [0.3, 0.4) is 0 Å². The smallest absolute Gasteiger partial charge is 0.261 e. The van der Waals surface area contributed by atoms with Gasteiger partial charge in [-0.25, -0.2) is 8.42 Å². The zero-order valence-corrected chi connectivity index (χ0v) is 18.2. The van der Waals surface area contributed by atoms with Gasteiger partial charge in [0.05, 0.1) is 33.7 Å². The first-order chi connectivity index (χ1) is 14.7. The predicted molar refractivity (Wildman–Crippen MR) is 117 cm³/mol. The molecule has 1 aliphatic heterocycles. The van der Waals surface area contributed by atoms with Crippen LogP contribution in [0.2, 0.25) is 0 Å². The van der Waals surface area contributed by atoms with E-state index in [1.54, 1.807) is 42.9 Å². The van der Waals surface area contributed by atoms with Crippen molar-refractivity contribution in [3.8, 4) is 6.07 Å². The van der Waals surface area contributed by atoms with Gasteiger partial charge in [-0.3, -0.25) is 9.48 Å². The lowest BCUT2D eigenvalue weighted by Gasteiger charge is -2.15. The van der Waals surface area contributed by atoms with Gasteiger partial charge >= 0.3 is 0 Å². The van der Waals surface area contributed by atoms with Crippen LogP contribution < -0.4 is 10.9 Å². The van der Waals surface area contributed by atoms with E-state index in [2.05, 4.69) is 16.4 Å². The van der Waals surface area contributed by atoms with Gasteiger partial charge in [-0.15, -0.1) is 0 Å². The van der Waals surface area contributed by atoms with Crippen molar-refractivity contribution in [1.82, 2.24) is 14.8 Å². The average molecular weight is 438 g/mol. The number of H-pyrrole nitrogens is 1. The van der Waals surface area contributed by atoms with Crippen molar-refractivity contribution in [2.24, 2.45) is 5.92 Å². The van der Waals surface area contributed by atoms with Crippen molar-refractivity contribution in [2.75, 3.05) is 5.32 Å². The summed E-state index contributed by atoms with van der Waals surface area (Å²) in [4.78, 5) is 15.7. The maximum atomic E-state index is 12.7. The summed E-state index contributed by atoms with van der Waals surface area (Å²) in [5.41, 5.74) is 1.85. The Balaban J connectivity index is 1.58. The molecule has 3 heterocycles. The molecule has 0 radical (unpaired) electrons. The van der Waals surface area contributed by atoms with Gasteiger partial charge < -0.3 is 10.3 Å². The molecule has 3 aromatic rings. The molecule has 1 saturated carbocycles. The van der Waals surface area contributed by atoms with Crippen LogP contribution in [0.5, 0.6) is 0 Å². The number of aromatic amines is 1. The summed E-state index contributed by atoms with van der Waals surface area (Å²) in [6, 6.07) is 9.11. The van der Waals surface area contributed by atoms with E-state index >= 15 is 0 Å². The molecule has 1 unspecified atom stereocenters. The van der Waals surface area contributed by atoms with Gasteiger partial charge in [0.15, 0.2) is 15.7 Å². The summed E-state index contributed by atoms with van der Waals surface area (Å²) in [5, 5.41) is 17.6. The molecule has 1 fully saturated rings. The minimum atomic E-state index is -3.36. The van der Waals surface area contributed by atoms with E-state index in [9.17, 15) is 18.5 Å². The number of nitriles is 1. The largest absolute Gasteiger partial charge is 0.338 e. The Morgan fingerprint density at radius 1 is 1.35 bits per heavy atom. The molecule has 160 valence electrons. The minimum absolute atomic E-state index is 0.0733. The molecule has 1 aliphatic carbocycles. The summed E-state index contributed by atoms with van der Waals surface area (Å²) >= 11 is 0. The fourth-order valence-electron chi connectivity index (χ4n) is 4.51. The van der Waals surface area contributed by atoms with Crippen molar-refractivity contribution < 1.29 is 8.42 Å². The van der Waals surface area contributed by atoms with Gasteiger partial charge in [-0.1, -0.05) is 0 Å². The van der Waals surface area contributed by atoms with Gasteiger partial charge in [0.25, 0.3) is 5.56 Å². The van der Waals surface area contributed by atoms with Crippen LogP contribution in [0.4, 0.5) is 11.5 Å². The topological polar surface area (TPSA) is 121 Å². The third kappa shape index (κ3) is 3.05. The number of nitrogens with zero attached hydrogens (tertiary/aromatic N) is 3. The third-order valence-electron chi connectivity index (χ3n) is 6.37. The van der Waals surface area contributed by atoms with E-state index in [1.165, 1.54) is 0 Å². The van der Waals surface area contributed by atoms with Crippen molar-refractivity contribution in [1.29, 1.82) is 5.26 Å². The number of hydrogen-bond acceptors (Lipinski definition) is 6. The van der Waals surface area contributed by atoms with Crippen LogP contribution in [-0.4, -0.2) is 27.9 Å². The zero-order chi connectivity index (χ0) is 22.0. The first-order valence-electron chi connectivity index (χ1n) is 10.3. The molecule has 9 heteroatoms. The Morgan fingerprint density at radius 3 is 2.84 bits per heavy atom. The molecule has 0 saturated heterocycles. The fourth-order valence-corrected chi connectivity index (χ4v) is 6.18. The molecule has 2 aliphatic rings. The normalized spacial score (nSPS) is 19.6. The van der Waals surface area contributed by atoms with Crippen LogP contribution in [-0.2, 0) is 16.3 Å². The standard InChI is InChI=1S/C22H23N5O3S/c1-22(2)12-14-11-15(5-6-18(14)31(22,29)30)25-20-19-17(8-10-24-21(19)28)27(26-20)16(7-9-23)13-3-4-13/h5-6,8,10-11,13,16H,3-4,7,12H2,1-2H3,(H,24,28)(H,25,26). The van der Waals surface area contributed by atoms with E-state index < -0.39 is 14.6 Å². The number of hydrogen-bond donors (Lipinski definition) is 2. The second kappa shape index (κ2) is 6.69. The maximum Gasteiger partial charge on any atom is 0.261 e. The molecule has 1 aromatic carbocycles. The van der Waals surface area contributed by atoms with E-state index in [4.69, 9.17) is 5.10 Å². The molecular formula is C22H23N5O3S. The van der Waals surface area contributed by atoms with E-state index in [-0.39, 0.29) is 11.6 Å². The number of pyridine rings is 1. The molecule has 0 bridgehead atoms. The van der Waals surface area contributed by atoms with Crippen LogP contribution >= 0.6 is 0 Å². The molecule has 5 rings (SSSR count). The molecular weight excluding hydrogens is 414 g/mol. The second-order valence-corrected chi connectivity index (χ2v) is 11.6. The summed E-state index contributed by atoms with van der Waals surface area (Å²) in [5.74, 6) is 0.794. The Morgan fingerprint density at radius 2 is 2.13 bits per heavy atom.